The minimum Gasteiger partial charge on any atom is -0.334 e. The number of hydrogen-bond acceptors (Lipinski definition) is 2. The quantitative estimate of drug-likeness (QED) is 0.707. The minimum atomic E-state index is 0.0129. The number of aromatic nitrogens is 2. The highest BCUT2D eigenvalue weighted by molar-refractivity contribution is 9.10. The van der Waals surface area contributed by atoms with Crippen LogP contribution in [0.1, 0.15) is 34.6 Å². The largest absolute Gasteiger partial charge is 0.334 e. The molecule has 25 heavy (non-hydrogen) atoms. The number of halogens is 1. The monoisotopic (exact) mass is 397 g/mol. The maximum atomic E-state index is 13.0. The van der Waals surface area contributed by atoms with Gasteiger partial charge in [-0.25, -0.2) is 0 Å². The first-order valence-electron chi connectivity index (χ1n) is 8.63. The Bertz CT molecular complexity index is 928. The van der Waals surface area contributed by atoms with Crippen molar-refractivity contribution in [1.82, 2.24) is 15.1 Å². The average molecular weight is 398 g/mol. The van der Waals surface area contributed by atoms with E-state index < -0.39 is 0 Å². The Morgan fingerprint density at radius 3 is 2.88 bits per heavy atom. The van der Waals surface area contributed by atoms with E-state index in [2.05, 4.69) is 68.6 Å². The third-order valence-corrected chi connectivity index (χ3v) is 6.02. The summed E-state index contributed by atoms with van der Waals surface area (Å²) < 4.78 is 0.772. The molecule has 1 saturated heterocycles. The fraction of sp³-hybridized carbons (Fsp3) is 0.300. The van der Waals surface area contributed by atoms with Gasteiger partial charge in [-0.2, -0.15) is 5.10 Å². The molecule has 1 atom stereocenters. The second-order valence-corrected chi connectivity index (χ2v) is 7.44. The first-order valence-corrected chi connectivity index (χ1v) is 9.42. The summed E-state index contributed by atoms with van der Waals surface area (Å²) in [5.41, 5.74) is 2.68. The number of rotatable bonds is 3. The number of benzene rings is 2. The second-order valence-electron chi connectivity index (χ2n) is 6.65. The molecule has 1 amide bonds. The van der Waals surface area contributed by atoms with Gasteiger partial charge in [-0.05, 0) is 58.5 Å². The fourth-order valence-electron chi connectivity index (χ4n) is 3.73. The summed E-state index contributed by atoms with van der Waals surface area (Å²) in [5, 5.41) is 9.60. The number of carbonyl (C=O) groups excluding carboxylic acids is 1. The van der Waals surface area contributed by atoms with Crippen LogP contribution in [0.2, 0.25) is 0 Å². The number of nitrogens with zero attached hydrogens (tertiary/aromatic N) is 2. The average Bonchev–Trinajstić information content (AvgIpc) is 3.22. The lowest BCUT2D eigenvalue weighted by molar-refractivity contribution is 0.0729. The van der Waals surface area contributed by atoms with E-state index in [0.717, 1.165) is 36.0 Å². The highest BCUT2D eigenvalue weighted by Gasteiger charge is 2.32. The van der Waals surface area contributed by atoms with Crippen molar-refractivity contribution < 1.29 is 4.79 Å². The number of fused-ring (bicyclic) bond motifs is 1. The molecule has 1 fully saturated rings. The van der Waals surface area contributed by atoms with Gasteiger partial charge in [-0.3, -0.25) is 9.89 Å². The molecule has 1 N–H and O–H groups in total. The number of likely N-dealkylation sites (tertiary alicyclic amines) is 1. The molecule has 1 aromatic heterocycles. The van der Waals surface area contributed by atoms with Gasteiger partial charge in [-0.1, -0.05) is 42.5 Å². The molecule has 2 aromatic carbocycles. The Hall–Kier alpha value is -2.14. The van der Waals surface area contributed by atoms with Crippen LogP contribution >= 0.6 is 15.9 Å². The van der Waals surface area contributed by atoms with E-state index in [9.17, 15) is 4.79 Å². The van der Waals surface area contributed by atoms with Gasteiger partial charge in [0.25, 0.3) is 5.91 Å². The Morgan fingerprint density at radius 2 is 2.08 bits per heavy atom. The summed E-state index contributed by atoms with van der Waals surface area (Å²) >= 11 is 3.48. The standard InChI is InChI=1S/C20H20BrN3O/c1-13-18(21)19(23-22-13)20(25)24-11-5-9-16(24)12-15-8-4-7-14-6-2-3-10-17(14)15/h2-4,6-8,10,16H,5,9,11-12H2,1H3,(H,22,23)/t16-/m1/s1. The Balaban J connectivity index is 1.61. The molecular formula is C20H20BrN3O. The van der Waals surface area contributed by atoms with Gasteiger partial charge in [0, 0.05) is 18.3 Å². The number of aryl methyl sites for hydroxylation is 1. The second kappa shape index (κ2) is 6.64. The maximum absolute atomic E-state index is 13.0. The molecule has 5 heteroatoms. The van der Waals surface area contributed by atoms with Crippen molar-refractivity contribution in [3.8, 4) is 0 Å². The van der Waals surface area contributed by atoms with Gasteiger partial charge >= 0.3 is 0 Å². The molecule has 0 saturated carbocycles. The van der Waals surface area contributed by atoms with Crippen LogP contribution in [-0.2, 0) is 6.42 Å². The van der Waals surface area contributed by atoms with Gasteiger partial charge in [0.1, 0.15) is 0 Å². The molecule has 1 aliphatic heterocycles. The molecule has 0 unspecified atom stereocenters. The summed E-state index contributed by atoms with van der Waals surface area (Å²) in [6.07, 6.45) is 2.96. The van der Waals surface area contributed by atoms with E-state index >= 15 is 0 Å². The van der Waals surface area contributed by atoms with Crippen molar-refractivity contribution in [3.05, 3.63) is 63.9 Å². The normalized spacial score (nSPS) is 17.4. The Labute approximate surface area is 155 Å². The van der Waals surface area contributed by atoms with Crippen molar-refractivity contribution >= 4 is 32.6 Å². The molecule has 1 aliphatic rings. The van der Waals surface area contributed by atoms with E-state index in [4.69, 9.17) is 0 Å². The number of nitrogens with one attached hydrogen (secondary N) is 1. The van der Waals surface area contributed by atoms with E-state index in [1.165, 1.54) is 16.3 Å². The van der Waals surface area contributed by atoms with Gasteiger partial charge in [-0.15, -0.1) is 0 Å². The zero-order valence-electron chi connectivity index (χ0n) is 14.1. The predicted octanol–water partition coefficient (Wildman–Crippen LogP) is 4.48. The topological polar surface area (TPSA) is 49.0 Å². The van der Waals surface area contributed by atoms with Gasteiger partial charge in [0.05, 0.1) is 4.47 Å². The summed E-state index contributed by atoms with van der Waals surface area (Å²) in [6.45, 7) is 2.71. The molecule has 0 aliphatic carbocycles. The van der Waals surface area contributed by atoms with E-state index in [0.29, 0.717) is 5.69 Å². The lowest BCUT2D eigenvalue weighted by Gasteiger charge is -2.24. The van der Waals surface area contributed by atoms with Crippen LogP contribution in [-0.4, -0.2) is 33.6 Å². The number of amides is 1. The van der Waals surface area contributed by atoms with Gasteiger partial charge in [0.15, 0.2) is 5.69 Å². The molecular weight excluding hydrogens is 378 g/mol. The summed E-state index contributed by atoms with van der Waals surface area (Å²) in [6, 6.07) is 15.1. The summed E-state index contributed by atoms with van der Waals surface area (Å²) in [7, 11) is 0. The van der Waals surface area contributed by atoms with Crippen molar-refractivity contribution in [1.29, 1.82) is 0 Å². The van der Waals surface area contributed by atoms with Gasteiger partial charge < -0.3 is 4.90 Å². The Morgan fingerprint density at radius 1 is 1.28 bits per heavy atom. The van der Waals surface area contributed by atoms with Crippen molar-refractivity contribution in [2.45, 2.75) is 32.2 Å². The van der Waals surface area contributed by atoms with Crippen LogP contribution in [0, 0.1) is 6.92 Å². The number of carbonyl (C=O) groups is 1. The van der Waals surface area contributed by atoms with Gasteiger partial charge in [0.2, 0.25) is 0 Å². The molecule has 0 bridgehead atoms. The molecule has 4 nitrogen and oxygen atoms in total. The van der Waals surface area contributed by atoms with Crippen LogP contribution in [0.15, 0.2) is 46.9 Å². The lowest BCUT2D eigenvalue weighted by Crippen LogP contribution is -2.37. The summed E-state index contributed by atoms with van der Waals surface area (Å²) in [5.74, 6) is 0.0129. The van der Waals surface area contributed by atoms with Crippen LogP contribution < -0.4 is 0 Å². The van der Waals surface area contributed by atoms with Crippen LogP contribution in [0.25, 0.3) is 10.8 Å². The smallest absolute Gasteiger partial charge is 0.275 e. The van der Waals surface area contributed by atoms with Crippen molar-refractivity contribution in [2.24, 2.45) is 0 Å². The molecule has 2 heterocycles. The molecule has 4 rings (SSSR count). The summed E-state index contributed by atoms with van der Waals surface area (Å²) in [4.78, 5) is 14.9. The zero-order chi connectivity index (χ0) is 17.4. The fourth-order valence-corrected chi connectivity index (χ4v) is 4.08. The van der Waals surface area contributed by atoms with E-state index in [1.807, 2.05) is 11.8 Å². The van der Waals surface area contributed by atoms with E-state index in [1.54, 1.807) is 0 Å². The highest BCUT2D eigenvalue weighted by atomic mass is 79.9. The first-order chi connectivity index (χ1) is 12.1. The predicted molar refractivity (Wildman–Crippen MR) is 103 cm³/mol. The van der Waals surface area contributed by atoms with Crippen molar-refractivity contribution in [2.75, 3.05) is 6.54 Å². The molecule has 0 spiro atoms. The number of H-pyrrole nitrogens is 1. The van der Waals surface area contributed by atoms with Crippen LogP contribution in [0.3, 0.4) is 0 Å². The number of aromatic amines is 1. The first kappa shape index (κ1) is 16.3. The third-order valence-electron chi connectivity index (χ3n) is 5.05. The van der Waals surface area contributed by atoms with Crippen LogP contribution in [0.5, 0.6) is 0 Å². The van der Waals surface area contributed by atoms with Crippen LogP contribution in [0.4, 0.5) is 0 Å². The van der Waals surface area contributed by atoms with Crippen molar-refractivity contribution in [3.63, 3.8) is 0 Å². The minimum absolute atomic E-state index is 0.0129. The molecule has 3 aromatic rings. The zero-order valence-corrected chi connectivity index (χ0v) is 15.7. The highest BCUT2D eigenvalue weighted by Crippen LogP contribution is 2.28. The number of hydrogen-bond donors (Lipinski definition) is 1. The van der Waals surface area contributed by atoms with E-state index in [-0.39, 0.29) is 11.9 Å². The SMILES string of the molecule is Cc1[nH]nc(C(=O)N2CCC[C@@H]2Cc2cccc3ccccc23)c1Br. The third kappa shape index (κ3) is 2.97. The molecule has 128 valence electrons. The Kier molecular flexibility index (Phi) is 4.34. The lowest BCUT2D eigenvalue weighted by atomic mass is 9.97. The maximum Gasteiger partial charge on any atom is 0.275 e. The molecule has 0 radical (unpaired) electrons.